The van der Waals surface area contributed by atoms with Crippen LogP contribution in [0.4, 0.5) is 0 Å². The Morgan fingerprint density at radius 1 is 0.640 bits per heavy atom. The number of rotatable bonds is 20. The Labute approximate surface area is 158 Å². The minimum absolute atomic E-state index is 0.345. The molecular formula is C23H46O2. The second-order valence-electron chi connectivity index (χ2n) is 8.10. The molecule has 0 aliphatic rings. The summed E-state index contributed by atoms with van der Waals surface area (Å²) in [4.78, 5) is 10.4. The zero-order valence-electron chi connectivity index (χ0n) is 17.4. The minimum Gasteiger partial charge on any atom is -0.481 e. The number of carboxylic acid groups (broad SMARTS) is 1. The molecule has 0 aliphatic carbocycles. The zero-order valence-corrected chi connectivity index (χ0v) is 17.4. The van der Waals surface area contributed by atoms with E-state index in [-0.39, 0.29) is 0 Å². The van der Waals surface area contributed by atoms with Crippen molar-refractivity contribution >= 4 is 5.97 Å². The molecule has 1 N–H and O–H groups in total. The van der Waals surface area contributed by atoms with Gasteiger partial charge >= 0.3 is 5.97 Å². The molecule has 150 valence electrons. The van der Waals surface area contributed by atoms with Crippen LogP contribution >= 0.6 is 0 Å². The van der Waals surface area contributed by atoms with Crippen LogP contribution in [0.5, 0.6) is 0 Å². The van der Waals surface area contributed by atoms with Gasteiger partial charge in [0.1, 0.15) is 0 Å². The Kier molecular flexibility index (Phi) is 19.4. The van der Waals surface area contributed by atoms with Crippen molar-refractivity contribution in [1.82, 2.24) is 0 Å². The summed E-state index contributed by atoms with van der Waals surface area (Å²) in [5.74, 6) is 0.276. The van der Waals surface area contributed by atoms with Crippen LogP contribution in [0.2, 0.25) is 0 Å². The van der Waals surface area contributed by atoms with E-state index < -0.39 is 5.97 Å². The Balaban J connectivity index is 3.02. The van der Waals surface area contributed by atoms with Crippen molar-refractivity contribution in [2.45, 2.75) is 136 Å². The highest BCUT2D eigenvalue weighted by atomic mass is 16.4. The molecule has 2 nitrogen and oxygen atoms in total. The van der Waals surface area contributed by atoms with Gasteiger partial charge in [-0.1, -0.05) is 123 Å². The first-order chi connectivity index (χ1) is 12.2. The molecule has 0 spiro atoms. The molecule has 0 heterocycles. The van der Waals surface area contributed by atoms with Crippen LogP contribution in [0.15, 0.2) is 0 Å². The molecule has 0 saturated heterocycles. The standard InChI is InChI=1S/C23H46O2/c1-3-22(2)20-18-16-14-12-10-8-6-4-5-7-9-11-13-15-17-19-21-23(24)25/h22H,3-21H2,1-2H3,(H,24,25)/t22-/m0/s1. The van der Waals surface area contributed by atoms with Crippen molar-refractivity contribution in [2.75, 3.05) is 0 Å². The fourth-order valence-corrected chi connectivity index (χ4v) is 3.45. The van der Waals surface area contributed by atoms with Gasteiger partial charge in [0.2, 0.25) is 0 Å². The molecule has 0 rings (SSSR count). The lowest BCUT2D eigenvalue weighted by Crippen LogP contribution is -1.93. The molecule has 0 aromatic heterocycles. The first-order valence-electron chi connectivity index (χ1n) is 11.4. The molecule has 0 radical (unpaired) electrons. The molecule has 0 fully saturated rings. The highest BCUT2D eigenvalue weighted by Crippen LogP contribution is 2.16. The summed E-state index contributed by atoms with van der Waals surface area (Å²) in [6.07, 6.45) is 24.6. The van der Waals surface area contributed by atoms with Crippen LogP contribution in [0.1, 0.15) is 136 Å². The molecule has 2 heteroatoms. The molecule has 0 unspecified atom stereocenters. The first-order valence-corrected chi connectivity index (χ1v) is 11.4. The minimum atomic E-state index is -0.651. The summed E-state index contributed by atoms with van der Waals surface area (Å²) in [5.41, 5.74) is 0. The SMILES string of the molecule is CC[C@H](C)CCCCCCCCCCCCCCCCCCC(=O)O. The van der Waals surface area contributed by atoms with Crippen LogP contribution in [0.25, 0.3) is 0 Å². The molecule has 1 atom stereocenters. The van der Waals surface area contributed by atoms with Gasteiger partial charge in [0.15, 0.2) is 0 Å². The Hall–Kier alpha value is -0.530. The molecule has 0 aliphatic heterocycles. The summed E-state index contributed by atoms with van der Waals surface area (Å²) in [6, 6.07) is 0. The van der Waals surface area contributed by atoms with E-state index in [9.17, 15) is 4.79 Å². The summed E-state index contributed by atoms with van der Waals surface area (Å²) < 4.78 is 0. The van der Waals surface area contributed by atoms with Gasteiger partial charge in [-0.3, -0.25) is 4.79 Å². The Morgan fingerprint density at radius 2 is 0.960 bits per heavy atom. The molecule has 0 bridgehead atoms. The van der Waals surface area contributed by atoms with Gasteiger partial charge in [-0.05, 0) is 12.3 Å². The predicted octanol–water partition coefficient (Wildman–Crippen LogP) is 8.14. The quantitative estimate of drug-likeness (QED) is 0.224. The number of unbranched alkanes of at least 4 members (excludes halogenated alkanes) is 15. The number of hydrogen-bond donors (Lipinski definition) is 1. The van der Waals surface area contributed by atoms with E-state index in [1.807, 2.05) is 0 Å². The largest absolute Gasteiger partial charge is 0.481 e. The predicted molar refractivity (Wildman–Crippen MR) is 110 cm³/mol. The van der Waals surface area contributed by atoms with E-state index in [0.29, 0.717) is 6.42 Å². The lowest BCUT2D eigenvalue weighted by molar-refractivity contribution is -0.137. The average molecular weight is 355 g/mol. The van der Waals surface area contributed by atoms with Gasteiger partial charge in [0.05, 0.1) is 0 Å². The van der Waals surface area contributed by atoms with Crippen LogP contribution < -0.4 is 0 Å². The Morgan fingerprint density at radius 3 is 1.28 bits per heavy atom. The van der Waals surface area contributed by atoms with Crippen molar-refractivity contribution in [3.63, 3.8) is 0 Å². The monoisotopic (exact) mass is 354 g/mol. The maximum Gasteiger partial charge on any atom is 0.303 e. The highest BCUT2D eigenvalue weighted by molar-refractivity contribution is 5.66. The molecule has 0 saturated carbocycles. The van der Waals surface area contributed by atoms with Gasteiger partial charge < -0.3 is 5.11 Å². The fraction of sp³-hybridized carbons (Fsp3) is 0.957. The molecular weight excluding hydrogens is 308 g/mol. The van der Waals surface area contributed by atoms with E-state index >= 15 is 0 Å². The van der Waals surface area contributed by atoms with E-state index in [0.717, 1.165) is 18.8 Å². The third kappa shape index (κ3) is 21.4. The summed E-state index contributed by atoms with van der Waals surface area (Å²) >= 11 is 0. The van der Waals surface area contributed by atoms with Crippen LogP contribution in [0.3, 0.4) is 0 Å². The zero-order chi connectivity index (χ0) is 18.6. The molecule has 0 aromatic rings. The number of aliphatic carboxylic acids is 1. The second kappa shape index (κ2) is 19.8. The summed E-state index contributed by atoms with van der Waals surface area (Å²) in [7, 11) is 0. The fourth-order valence-electron chi connectivity index (χ4n) is 3.45. The normalized spacial score (nSPS) is 12.4. The average Bonchev–Trinajstić information content (AvgIpc) is 2.60. The number of hydrogen-bond acceptors (Lipinski definition) is 1. The van der Waals surface area contributed by atoms with E-state index in [1.54, 1.807) is 0 Å². The second-order valence-corrected chi connectivity index (χ2v) is 8.10. The van der Waals surface area contributed by atoms with E-state index in [1.165, 1.54) is 103 Å². The topological polar surface area (TPSA) is 37.3 Å². The van der Waals surface area contributed by atoms with Crippen molar-refractivity contribution in [1.29, 1.82) is 0 Å². The van der Waals surface area contributed by atoms with Crippen molar-refractivity contribution in [3.8, 4) is 0 Å². The number of carboxylic acids is 1. The maximum absolute atomic E-state index is 10.4. The van der Waals surface area contributed by atoms with E-state index in [4.69, 9.17) is 5.11 Å². The lowest BCUT2D eigenvalue weighted by Gasteiger charge is -2.07. The molecule has 0 amide bonds. The van der Waals surface area contributed by atoms with Gasteiger partial charge in [-0.25, -0.2) is 0 Å². The van der Waals surface area contributed by atoms with Crippen molar-refractivity contribution < 1.29 is 9.90 Å². The highest BCUT2D eigenvalue weighted by Gasteiger charge is 1.99. The maximum atomic E-state index is 10.4. The van der Waals surface area contributed by atoms with Crippen LogP contribution in [-0.4, -0.2) is 11.1 Å². The van der Waals surface area contributed by atoms with Gasteiger partial charge in [-0.15, -0.1) is 0 Å². The number of carbonyl (C=O) groups is 1. The van der Waals surface area contributed by atoms with Crippen LogP contribution in [0, 0.1) is 5.92 Å². The third-order valence-corrected chi connectivity index (χ3v) is 5.53. The van der Waals surface area contributed by atoms with E-state index in [2.05, 4.69) is 13.8 Å². The summed E-state index contributed by atoms with van der Waals surface area (Å²) in [5, 5.41) is 8.57. The molecule has 0 aromatic carbocycles. The van der Waals surface area contributed by atoms with Gasteiger partial charge in [-0.2, -0.15) is 0 Å². The van der Waals surface area contributed by atoms with Gasteiger partial charge in [0.25, 0.3) is 0 Å². The smallest absolute Gasteiger partial charge is 0.303 e. The Bertz CT molecular complexity index is 275. The van der Waals surface area contributed by atoms with Crippen LogP contribution in [-0.2, 0) is 4.79 Å². The van der Waals surface area contributed by atoms with Gasteiger partial charge in [0, 0.05) is 6.42 Å². The summed E-state index contributed by atoms with van der Waals surface area (Å²) in [6.45, 7) is 4.68. The molecule has 25 heavy (non-hydrogen) atoms. The van der Waals surface area contributed by atoms with Crippen molar-refractivity contribution in [2.24, 2.45) is 5.92 Å². The first kappa shape index (κ1) is 24.5. The third-order valence-electron chi connectivity index (χ3n) is 5.53. The van der Waals surface area contributed by atoms with Crippen molar-refractivity contribution in [3.05, 3.63) is 0 Å². The lowest BCUT2D eigenvalue weighted by atomic mass is 9.99.